The predicted molar refractivity (Wildman–Crippen MR) is 92.8 cm³/mol. The van der Waals surface area contributed by atoms with Gasteiger partial charge in [-0.3, -0.25) is 9.79 Å². The molecule has 1 amide bonds. The van der Waals surface area contributed by atoms with Crippen molar-refractivity contribution in [3.05, 3.63) is 47.2 Å². The largest absolute Gasteiger partial charge is 0.458 e. The van der Waals surface area contributed by atoms with Gasteiger partial charge < -0.3 is 21.0 Å². The zero-order chi connectivity index (χ0) is 20.2. The second-order valence-corrected chi connectivity index (χ2v) is 5.96. The van der Waals surface area contributed by atoms with Gasteiger partial charge in [0.15, 0.2) is 0 Å². The van der Waals surface area contributed by atoms with Crippen molar-refractivity contribution in [1.29, 1.82) is 0 Å². The number of benzene rings is 1. The molecule has 10 heteroatoms. The summed E-state index contributed by atoms with van der Waals surface area (Å²) in [5, 5.41) is 15.5. The first-order valence-corrected chi connectivity index (χ1v) is 7.88. The number of amides is 1. The number of aliphatic imine (C=N–C) groups is 1. The molecule has 1 heterocycles. The fourth-order valence-electron chi connectivity index (χ4n) is 2.26. The molecular formula is C17H19F3N4O3. The highest BCUT2D eigenvalue weighted by Crippen LogP contribution is 2.38. The Morgan fingerprint density at radius 3 is 2.56 bits per heavy atom. The minimum Gasteiger partial charge on any atom is -0.402 e. The molecule has 0 fully saturated rings. The van der Waals surface area contributed by atoms with Crippen molar-refractivity contribution in [3.63, 3.8) is 0 Å². The number of carbonyl (C=O) groups excluding carboxylic acids is 1. The number of alkyl halides is 3. The summed E-state index contributed by atoms with van der Waals surface area (Å²) in [5.41, 5.74) is 7.21. The fourth-order valence-corrected chi connectivity index (χ4v) is 2.26. The van der Waals surface area contributed by atoms with Gasteiger partial charge in [0.05, 0.1) is 12.1 Å². The Morgan fingerprint density at radius 2 is 2.07 bits per heavy atom. The van der Waals surface area contributed by atoms with E-state index in [0.29, 0.717) is 16.8 Å². The summed E-state index contributed by atoms with van der Waals surface area (Å²) in [6.07, 6.45) is -4.30. The van der Waals surface area contributed by atoms with E-state index in [4.69, 9.17) is 5.73 Å². The van der Waals surface area contributed by atoms with Crippen LogP contribution in [-0.4, -0.2) is 41.4 Å². The lowest BCUT2D eigenvalue weighted by molar-refractivity contribution is -0.355. The van der Waals surface area contributed by atoms with Crippen LogP contribution >= 0.6 is 0 Å². The van der Waals surface area contributed by atoms with Gasteiger partial charge >= 0.3 is 12.0 Å². The topological polar surface area (TPSA) is 109 Å². The summed E-state index contributed by atoms with van der Waals surface area (Å²) < 4.78 is 38.2. The molecular weight excluding hydrogens is 365 g/mol. The molecule has 1 aromatic carbocycles. The molecule has 0 aromatic heterocycles. The molecule has 0 spiro atoms. The first kappa shape index (κ1) is 20.4. The SMILES string of the molecule is CN=C(C=C(C)N)C(=O)NCc1ccc(C2=NOC(O)(C(F)(F)F)C2)cc1. The molecule has 0 aliphatic carbocycles. The Labute approximate surface area is 153 Å². The number of halogens is 3. The van der Waals surface area contributed by atoms with E-state index in [1.165, 1.54) is 25.3 Å². The summed E-state index contributed by atoms with van der Waals surface area (Å²) in [5.74, 6) is -3.71. The molecule has 1 aliphatic rings. The average Bonchev–Trinajstić information content (AvgIpc) is 3.01. The zero-order valence-electron chi connectivity index (χ0n) is 14.7. The Morgan fingerprint density at radius 1 is 1.44 bits per heavy atom. The Bertz CT molecular complexity index is 797. The van der Waals surface area contributed by atoms with Crippen LogP contribution in [0, 0.1) is 0 Å². The van der Waals surface area contributed by atoms with E-state index in [2.05, 4.69) is 20.3 Å². The van der Waals surface area contributed by atoms with Crippen LogP contribution in [-0.2, 0) is 16.2 Å². The number of hydrogen-bond donors (Lipinski definition) is 3. The monoisotopic (exact) mass is 384 g/mol. The molecule has 7 nitrogen and oxygen atoms in total. The molecule has 0 saturated heterocycles. The average molecular weight is 384 g/mol. The molecule has 1 aromatic rings. The van der Waals surface area contributed by atoms with Gasteiger partial charge in [-0.05, 0) is 24.1 Å². The first-order chi connectivity index (χ1) is 12.6. The van der Waals surface area contributed by atoms with E-state index in [-0.39, 0.29) is 18.0 Å². The standard InChI is InChI=1S/C17H19F3N4O3/c1-10(21)7-13(22-2)15(25)23-9-11-3-5-12(6-4-11)14-8-16(26,27-24-14)17(18,19)20/h3-7,26H,8-9,21H2,1-2H3,(H,23,25). The van der Waals surface area contributed by atoms with Crippen LogP contribution in [0.2, 0.25) is 0 Å². The normalized spacial score (nSPS) is 20.9. The number of nitrogens with two attached hydrogens (primary N) is 1. The zero-order valence-corrected chi connectivity index (χ0v) is 14.7. The lowest BCUT2D eigenvalue weighted by Crippen LogP contribution is -2.45. The molecule has 0 saturated carbocycles. The third-order valence-corrected chi connectivity index (χ3v) is 3.74. The van der Waals surface area contributed by atoms with Gasteiger partial charge in [0.2, 0.25) is 0 Å². The molecule has 4 N–H and O–H groups in total. The number of allylic oxidation sites excluding steroid dienone is 1. The number of rotatable bonds is 5. The van der Waals surface area contributed by atoms with Crippen LogP contribution in [0.4, 0.5) is 13.2 Å². The van der Waals surface area contributed by atoms with Crippen molar-refractivity contribution in [2.24, 2.45) is 15.9 Å². The predicted octanol–water partition coefficient (Wildman–Crippen LogP) is 1.61. The van der Waals surface area contributed by atoms with E-state index in [1.807, 2.05) is 0 Å². The third-order valence-electron chi connectivity index (χ3n) is 3.74. The van der Waals surface area contributed by atoms with Crippen molar-refractivity contribution in [3.8, 4) is 0 Å². The molecule has 1 unspecified atom stereocenters. The van der Waals surface area contributed by atoms with Crippen LogP contribution in [0.1, 0.15) is 24.5 Å². The lowest BCUT2D eigenvalue weighted by atomic mass is 10.0. The van der Waals surface area contributed by atoms with E-state index in [0.717, 1.165) is 0 Å². The van der Waals surface area contributed by atoms with E-state index >= 15 is 0 Å². The van der Waals surface area contributed by atoms with Gasteiger partial charge in [-0.25, -0.2) is 0 Å². The van der Waals surface area contributed by atoms with Crippen molar-refractivity contribution in [1.82, 2.24) is 5.32 Å². The van der Waals surface area contributed by atoms with Crippen LogP contribution in [0.15, 0.2) is 46.2 Å². The highest BCUT2D eigenvalue weighted by molar-refractivity contribution is 6.43. The number of nitrogens with zero attached hydrogens (tertiary/aromatic N) is 2. The number of nitrogens with one attached hydrogen (secondary N) is 1. The second kappa shape index (κ2) is 7.78. The number of oxime groups is 1. The molecule has 1 aliphatic heterocycles. The second-order valence-electron chi connectivity index (χ2n) is 5.96. The van der Waals surface area contributed by atoms with Gasteiger partial charge in [-0.15, -0.1) is 0 Å². The highest BCUT2D eigenvalue weighted by atomic mass is 19.4. The summed E-state index contributed by atoms with van der Waals surface area (Å²) >= 11 is 0. The highest BCUT2D eigenvalue weighted by Gasteiger charge is 2.60. The van der Waals surface area contributed by atoms with E-state index in [1.54, 1.807) is 19.1 Å². The Kier molecular flexibility index (Phi) is 5.89. The van der Waals surface area contributed by atoms with Crippen LogP contribution < -0.4 is 11.1 Å². The molecule has 146 valence electrons. The van der Waals surface area contributed by atoms with Crippen LogP contribution in [0.3, 0.4) is 0 Å². The molecule has 1 atom stereocenters. The van der Waals surface area contributed by atoms with Crippen molar-refractivity contribution in [2.45, 2.75) is 31.9 Å². The van der Waals surface area contributed by atoms with Crippen molar-refractivity contribution in [2.75, 3.05) is 7.05 Å². The Balaban J connectivity index is 1.99. The number of aliphatic hydroxyl groups is 1. The van der Waals surface area contributed by atoms with E-state index < -0.39 is 24.3 Å². The fraction of sp³-hybridized carbons (Fsp3) is 0.353. The Hall–Kier alpha value is -2.88. The van der Waals surface area contributed by atoms with Gasteiger partial charge in [0.25, 0.3) is 5.91 Å². The maximum Gasteiger partial charge on any atom is 0.458 e. The molecule has 27 heavy (non-hydrogen) atoms. The summed E-state index contributed by atoms with van der Waals surface area (Å²) in [6, 6.07) is 6.31. The molecule has 0 radical (unpaired) electrons. The lowest BCUT2D eigenvalue weighted by Gasteiger charge is -2.22. The molecule has 2 rings (SSSR count). The summed E-state index contributed by atoms with van der Waals surface area (Å²) in [4.78, 5) is 20.0. The van der Waals surface area contributed by atoms with Crippen molar-refractivity contribution < 1.29 is 27.9 Å². The van der Waals surface area contributed by atoms with Crippen molar-refractivity contribution >= 4 is 17.3 Å². The smallest absolute Gasteiger partial charge is 0.402 e. The first-order valence-electron chi connectivity index (χ1n) is 7.88. The maximum atomic E-state index is 12.7. The number of carbonyl (C=O) groups is 1. The summed E-state index contributed by atoms with van der Waals surface area (Å²) in [7, 11) is 1.47. The van der Waals surface area contributed by atoms with Gasteiger partial charge in [-0.2, -0.15) is 13.2 Å². The van der Waals surface area contributed by atoms with Crippen LogP contribution in [0.25, 0.3) is 0 Å². The quantitative estimate of drug-likeness (QED) is 0.670. The van der Waals surface area contributed by atoms with Gasteiger partial charge in [0.1, 0.15) is 5.71 Å². The van der Waals surface area contributed by atoms with Gasteiger partial charge in [0, 0.05) is 19.3 Å². The van der Waals surface area contributed by atoms with Crippen LogP contribution in [0.5, 0.6) is 0 Å². The number of hydrogen-bond acceptors (Lipinski definition) is 6. The minimum absolute atomic E-state index is 0.0191. The third kappa shape index (κ3) is 4.85. The molecule has 0 bridgehead atoms. The summed E-state index contributed by atoms with van der Waals surface area (Å²) in [6.45, 7) is 1.82. The van der Waals surface area contributed by atoms with E-state index in [9.17, 15) is 23.1 Å². The minimum atomic E-state index is -4.95. The maximum absolute atomic E-state index is 12.7. The van der Waals surface area contributed by atoms with Gasteiger partial charge in [-0.1, -0.05) is 29.4 Å².